The summed E-state index contributed by atoms with van der Waals surface area (Å²) in [6, 6.07) is 10.9. The van der Waals surface area contributed by atoms with Gasteiger partial charge in [-0.15, -0.1) is 0 Å². The number of hydrogen-bond donors (Lipinski definition) is 1. The fourth-order valence-electron chi connectivity index (χ4n) is 3.83. The standard InChI is InChI=1S/C17H26N2O/c18-14-17(8-4-11-20-12-9-17)19-10-7-16(13-19)15-5-2-1-3-6-15/h1-3,5-6,16H,4,7-14,18H2. The van der Waals surface area contributed by atoms with Crippen molar-refractivity contribution in [1.82, 2.24) is 4.90 Å². The molecule has 2 N–H and O–H groups in total. The third kappa shape index (κ3) is 2.76. The summed E-state index contributed by atoms with van der Waals surface area (Å²) in [6.45, 7) is 4.86. The van der Waals surface area contributed by atoms with Crippen LogP contribution in [0.2, 0.25) is 0 Å². The van der Waals surface area contributed by atoms with E-state index in [2.05, 4.69) is 35.2 Å². The van der Waals surface area contributed by atoms with Gasteiger partial charge in [0.05, 0.1) is 0 Å². The molecule has 20 heavy (non-hydrogen) atoms. The van der Waals surface area contributed by atoms with Crippen molar-refractivity contribution in [2.45, 2.75) is 37.1 Å². The number of likely N-dealkylation sites (tertiary alicyclic amines) is 1. The van der Waals surface area contributed by atoms with E-state index >= 15 is 0 Å². The van der Waals surface area contributed by atoms with E-state index in [9.17, 15) is 0 Å². The summed E-state index contributed by atoms with van der Waals surface area (Å²) in [7, 11) is 0. The van der Waals surface area contributed by atoms with E-state index in [1.165, 1.54) is 24.9 Å². The van der Waals surface area contributed by atoms with Crippen LogP contribution in [-0.2, 0) is 4.74 Å². The molecule has 0 aliphatic carbocycles. The third-order valence-corrected chi connectivity index (χ3v) is 5.15. The molecular weight excluding hydrogens is 248 g/mol. The summed E-state index contributed by atoms with van der Waals surface area (Å²) in [5.74, 6) is 0.670. The normalized spacial score (nSPS) is 32.1. The highest BCUT2D eigenvalue weighted by atomic mass is 16.5. The van der Waals surface area contributed by atoms with Gasteiger partial charge in [-0.1, -0.05) is 30.3 Å². The van der Waals surface area contributed by atoms with Crippen molar-refractivity contribution in [3.63, 3.8) is 0 Å². The van der Waals surface area contributed by atoms with Gasteiger partial charge in [0.15, 0.2) is 0 Å². The maximum atomic E-state index is 6.17. The van der Waals surface area contributed by atoms with Crippen LogP contribution in [0.1, 0.15) is 37.2 Å². The van der Waals surface area contributed by atoms with Gasteiger partial charge in [0.2, 0.25) is 0 Å². The van der Waals surface area contributed by atoms with Crippen LogP contribution < -0.4 is 5.73 Å². The van der Waals surface area contributed by atoms with Gasteiger partial charge in [-0.05, 0) is 43.7 Å². The van der Waals surface area contributed by atoms with Crippen molar-refractivity contribution < 1.29 is 4.74 Å². The van der Waals surface area contributed by atoms with E-state index in [1.807, 2.05) is 0 Å². The van der Waals surface area contributed by atoms with Gasteiger partial charge >= 0.3 is 0 Å². The predicted octanol–water partition coefficient (Wildman–Crippen LogP) is 2.37. The topological polar surface area (TPSA) is 38.5 Å². The number of ether oxygens (including phenoxy) is 1. The van der Waals surface area contributed by atoms with Crippen LogP contribution >= 0.6 is 0 Å². The van der Waals surface area contributed by atoms with Crippen LogP contribution in [0.25, 0.3) is 0 Å². The van der Waals surface area contributed by atoms with E-state index in [-0.39, 0.29) is 5.54 Å². The van der Waals surface area contributed by atoms with Crippen LogP contribution in [0.5, 0.6) is 0 Å². The molecule has 2 aliphatic heterocycles. The molecule has 2 saturated heterocycles. The molecule has 0 spiro atoms. The lowest BCUT2D eigenvalue weighted by Gasteiger charge is -2.40. The lowest BCUT2D eigenvalue weighted by molar-refractivity contribution is 0.0865. The molecule has 3 nitrogen and oxygen atoms in total. The smallest absolute Gasteiger partial charge is 0.0484 e. The Morgan fingerprint density at radius 3 is 2.85 bits per heavy atom. The Balaban J connectivity index is 1.71. The van der Waals surface area contributed by atoms with Gasteiger partial charge in [-0.25, -0.2) is 0 Å². The number of benzene rings is 1. The summed E-state index contributed by atoms with van der Waals surface area (Å²) in [6.07, 6.45) is 4.67. The summed E-state index contributed by atoms with van der Waals surface area (Å²) in [5.41, 5.74) is 7.83. The molecule has 1 aromatic carbocycles. The van der Waals surface area contributed by atoms with Crippen molar-refractivity contribution in [3.05, 3.63) is 35.9 Å². The first kappa shape index (κ1) is 14.1. The van der Waals surface area contributed by atoms with Crippen molar-refractivity contribution in [2.24, 2.45) is 5.73 Å². The second-order valence-electron chi connectivity index (χ2n) is 6.24. The summed E-state index contributed by atoms with van der Waals surface area (Å²) in [4.78, 5) is 2.65. The molecular formula is C17H26N2O. The monoisotopic (exact) mass is 274 g/mol. The zero-order chi connectivity index (χ0) is 13.8. The van der Waals surface area contributed by atoms with E-state index in [0.29, 0.717) is 5.92 Å². The summed E-state index contributed by atoms with van der Waals surface area (Å²) in [5, 5.41) is 0. The van der Waals surface area contributed by atoms with Crippen LogP contribution in [0.3, 0.4) is 0 Å². The molecule has 1 aromatic rings. The summed E-state index contributed by atoms with van der Waals surface area (Å²) >= 11 is 0. The molecule has 0 saturated carbocycles. The van der Waals surface area contributed by atoms with Crippen molar-refractivity contribution in [3.8, 4) is 0 Å². The van der Waals surface area contributed by atoms with Crippen molar-refractivity contribution in [1.29, 1.82) is 0 Å². The Bertz CT molecular complexity index is 412. The minimum Gasteiger partial charge on any atom is -0.381 e. The molecule has 2 aliphatic rings. The van der Waals surface area contributed by atoms with Crippen molar-refractivity contribution in [2.75, 3.05) is 32.8 Å². The van der Waals surface area contributed by atoms with E-state index in [4.69, 9.17) is 10.5 Å². The van der Waals surface area contributed by atoms with Gasteiger partial charge < -0.3 is 10.5 Å². The highest BCUT2D eigenvalue weighted by molar-refractivity contribution is 5.21. The van der Waals surface area contributed by atoms with Crippen LogP contribution in [0.4, 0.5) is 0 Å². The van der Waals surface area contributed by atoms with E-state index in [1.54, 1.807) is 0 Å². The first-order chi connectivity index (χ1) is 9.84. The first-order valence-electron chi connectivity index (χ1n) is 7.92. The first-order valence-corrected chi connectivity index (χ1v) is 7.92. The van der Waals surface area contributed by atoms with Crippen LogP contribution in [0, 0.1) is 0 Å². The Hall–Kier alpha value is -0.900. The second-order valence-corrected chi connectivity index (χ2v) is 6.24. The molecule has 3 rings (SSSR count). The average molecular weight is 274 g/mol. The zero-order valence-corrected chi connectivity index (χ0v) is 12.3. The predicted molar refractivity (Wildman–Crippen MR) is 81.8 cm³/mol. The number of nitrogens with two attached hydrogens (primary N) is 1. The largest absolute Gasteiger partial charge is 0.381 e. The average Bonchev–Trinajstić information content (AvgIpc) is 2.88. The zero-order valence-electron chi connectivity index (χ0n) is 12.3. The Labute approximate surface area is 122 Å². The molecule has 2 atom stereocenters. The molecule has 2 unspecified atom stereocenters. The van der Waals surface area contributed by atoms with E-state index < -0.39 is 0 Å². The van der Waals surface area contributed by atoms with Gasteiger partial charge in [-0.3, -0.25) is 4.90 Å². The van der Waals surface area contributed by atoms with Gasteiger partial charge in [0.25, 0.3) is 0 Å². The quantitative estimate of drug-likeness (QED) is 0.919. The molecule has 110 valence electrons. The SMILES string of the molecule is NCC1(N2CCC(c3ccccc3)C2)CCCOCC1. The van der Waals surface area contributed by atoms with Crippen LogP contribution in [0.15, 0.2) is 30.3 Å². The highest BCUT2D eigenvalue weighted by Crippen LogP contribution is 2.36. The number of rotatable bonds is 3. The fraction of sp³-hybridized carbons (Fsp3) is 0.647. The minimum absolute atomic E-state index is 0.181. The van der Waals surface area contributed by atoms with Gasteiger partial charge in [0, 0.05) is 31.8 Å². The number of hydrogen-bond acceptors (Lipinski definition) is 3. The third-order valence-electron chi connectivity index (χ3n) is 5.15. The van der Waals surface area contributed by atoms with Crippen molar-refractivity contribution >= 4 is 0 Å². The maximum absolute atomic E-state index is 6.17. The molecule has 2 fully saturated rings. The lowest BCUT2D eigenvalue weighted by Crippen LogP contribution is -2.53. The molecule has 2 heterocycles. The second kappa shape index (κ2) is 6.25. The van der Waals surface area contributed by atoms with Crippen LogP contribution in [-0.4, -0.2) is 43.3 Å². The van der Waals surface area contributed by atoms with E-state index in [0.717, 1.165) is 39.1 Å². The Morgan fingerprint density at radius 2 is 2.05 bits per heavy atom. The molecule has 3 heteroatoms. The number of nitrogens with zero attached hydrogens (tertiary/aromatic N) is 1. The minimum atomic E-state index is 0.181. The highest BCUT2D eigenvalue weighted by Gasteiger charge is 2.40. The summed E-state index contributed by atoms with van der Waals surface area (Å²) < 4.78 is 5.64. The Morgan fingerprint density at radius 1 is 1.20 bits per heavy atom. The molecule has 0 amide bonds. The molecule has 0 bridgehead atoms. The lowest BCUT2D eigenvalue weighted by atomic mass is 9.88. The molecule has 0 radical (unpaired) electrons. The maximum Gasteiger partial charge on any atom is 0.0484 e. The molecule has 0 aromatic heterocycles. The van der Waals surface area contributed by atoms with Gasteiger partial charge in [0.1, 0.15) is 0 Å². The van der Waals surface area contributed by atoms with Gasteiger partial charge in [-0.2, -0.15) is 0 Å². The fourth-order valence-corrected chi connectivity index (χ4v) is 3.83. The Kier molecular flexibility index (Phi) is 4.39.